The van der Waals surface area contributed by atoms with Crippen molar-refractivity contribution in [1.29, 1.82) is 0 Å². The quantitative estimate of drug-likeness (QED) is 0.213. The summed E-state index contributed by atoms with van der Waals surface area (Å²) < 4.78 is 128. The predicted molar refractivity (Wildman–Crippen MR) is 132 cm³/mol. The number of hydrogen-bond donors (Lipinski definition) is 1. The Morgan fingerprint density at radius 2 is 2.21 bits per heavy atom. The maximum Gasteiger partial charge on any atom is 0.205 e. The number of aliphatic hydroxyl groups is 1. The average molecular weight is 472 g/mol. The molecule has 0 aromatic heterocycles. The van der Waals surface area contributed by atoms with E-state index in [1.807, 2.05) is 6.92 Å². The van der Waals surface area contributed by atoms with E-state index in [-0.39, 0.29) is 25.8 Å². The minimum Gasteiger partial charge on any atom is -0.463 e. The molecular formula is C28H43NO4. The van der Waals surface area contributed by atoms with Crippen LogP contribution in [0.15, 0.2) is 53.8 Å². The molecule has 0 saturated carbocycles. The van der Waals surface area contributed by atoms with E-state index in [9.17, 15) is 6.48 Å². The number of nitrogens with zero attached hydrogens (tertiary/aromatic N) is 1. The average Bonchev–Trinajstić information content (AvgIpc) is 2.98. The lowest BCUT2D eigenvalue weighted by Gasteiger charge is -2.43. The van der Waals surface area contributed by atoms with Crippen molar-refractivity contribution in [2.45, 2.75) is 90.4 Å². The molecule has 3 rings (SSSR count). The highest BCUT2D eigenvalue weighted by Crippen LogP contribution is 2.38. The van der Waals surface area contributed by atoms with Gasteiger partial charge in [0.25, 0.3) is 0 Å². The summed E-state index contributed by atoms with van der Waals surface area (Å²) in [6.07, 6.45) is -2.63. The Kier molecular flexibility index (Phi) is 4.74. The van der Waals surface area contributed by atoms with Crippen LogP contribution >= 0.6 is 0 Å². The third kappa shape index (κ3) is 7.68. The second-order valence-electron chi connectivity index (χ2n) is 8.11. The summed E-state index contributed by atoms with van der Waals surface area (Å²) in [5.74, 6) is -6.78. The van der Waals surface area contributed by atoms with Gasteiger partial charge in [0.15, 0.2) is 0 Å². The number of aryl methyl sites for hydroxylation is 1. The third-order valence-electron chi connectivity index (χ3n) is 5.29. The highest BCUT2D eigenvalue weighted by atomic mass is 16.7. The number of allylic oxidation sites excluding steroid dienone is 1. The first kappa shape index (κ1) is 12.9. The molecule has 5 atom stereocenters. The number of hydroxylamine groups is 2. The van der Waals surface area contributed by atoms with Crippen molar-refractivity contribution in [1.82, 2.24) is 5.06 Å². The van der Waals surface area contributed by atoms with Crippen LogP contribution in [0.25, 0.3) is 0 Å². The fourth-order valence-corrected chi connectivity index (χ4v) is 3.36. The van der Waals surface area contributed by atoms with Crippen LogP contribution in [-0.2, 0) is 20.7 Å². The standard InChI is InChI=1S/C28H43NO4/c1-5-6-7-12-19-29(32-20-13-11-16-23-14-9-8-10-15-23)28(4,30)25-17-18-26-24(21-25)22-31-27(2,3)33-26/h8-10,14-15,18,21,25,30H,5-7,11-13,16-17,19-20,22H2,1-4H3/i2D2,3D3,13D2,17D,18D,20D2,21D,22D,25D. The van der Waals surface area contributed by atoms with Gasteiger partial charge in [-0.3, -0.25) is 4.84 Å². The van der Waals surface area contributed by atoms with Crippen LogP contribution in [-0.4, -0.2) is 41.4 Å². The lowest BCUT2D eigenvalue weighted by atomic mass is 9.86. The lowest BCUT2D eigenvalue weighted by Crippen LogP contribution is -2.52. The van der Waals surface area contributed by atoms with Gasteiger partial charge in [-0.05, 0) is 50.6 Å². The van der Waals surface area contributed by atoms with Gasteiger partial charge in [-0.15, -0.1) is 0 Å². The van der Waals surface area contributed by atoms with Crippen LogP contribution in [0, 0.1) is 5.89 Å². The van der Waals surface area contributed by atoms with E-state index in [2.05, 4.69) is 0 Å². The van der Waals surface area contributed by atoms with Gasteiger partial charge in [-0.25, -0.2) is 0 Å². The Bertz CT molecular complexity index is 1310. The van der Waals surface area contributed by atoms with Gasteiger partial charge in [-0.1, -0.05) is 62.6 Å². The molecule has 2 aliphatic rings. The zero-order valence-corrected chi connectivity index (χ0v) is 19.2. The number of unbranched alkanes of at least 4 members (excludes halogenated alkanes) is 3. The molecule has 1 aliphatic heterocycles. The predicted octanol–water partition coefficient (Wildman–Crippen LogP) is 6.14. The van der Waals surface area contributed by atoms with E-state index in [0.29, 0.717) is 11.5 Å². The molecule has 5 nitrogen and oxygen atoms in total. The molecule has 33 heavy (non-hydrogen) atoms. The Morgan fingerprint density at radius 3 is 2.97 bits per heavy atom. The van der Waals surface area contributed by atoms with Crippen LogP contribution in [0.3, 0.4) is 0 Å². The molecule has 0 amide bonds. The second kappa shape index (κ2) is 12.2. The van der Waals surface area contributed by atoms with E-state index in [1.165, 1.54) is 0 Å². The summed E-state index contributed by atoms with van der Waals surface area (Å²) in [6.45, 7) is -8.33. The third-order valence-corrected chi connectivity index (χ3v) is 5.29. The molecule has 0 spiro atoms. The zero-order chi connectivity index (χ0) is 35.8. The maximum absolute atomic E-state index is 12.1. The first-order chi connectivity index (χ1) is 21.5. The second-order valence-corrected chi connectivity index (χ2v) is 8.11. The number of ether oxygens (including phenoxy) is 2. The normalized spacial score (nSPS) is 39.3. The molecule has 0 bridgehead atoms. The molecule has 1 aromatic carbocycles. The van der Waals surface area contributed by atoms with Crippen molar-refractivity contribution in [2.24, 2.45) is 5.89 Å². The van der Waals surface area contributed by atoms with Gasteiger partial charge in [0.2, 0.25) is 5.79 Å². The molecular weight excluding hydrogens is 414 g/mol. The largest absolute Gasteiger partial charge is 0.463 e. The van der Waals surface area contributed by atoms with Gasteiger partial charge in [0.1, 0.15) is 11.5 Å². The van der Waals surface area contributed by atoms with E-state index in [1.54, 1.807) is 30.3 Å². The monoisotopic (exact) mass is 471 g/mol. The van der Waals surface area contributed by atoms with Crippen LogP contribution in [0.5, 0.6) is 0 Å². The summed E-state index contributed by atoms with van der Waals surface area (Å²) in [7, 11) is 0. The van der Waals surface area contributed by atoms with Crippen molar-refractivity contribution in [3.8, 4) is 0 Å². The molecule has 1 aliphatic carbocycles. The van der Waals surface area contributed by atoms with Crippen molar-refractivity contribution in [2.75, 3.05) is 19.7 Å². The molecule has 1 fully saturated rings. The lowest BCUT2D eigenvalue weighted by molar-refractivity contribution is -0.301. The minimum absolute atomic E-state index is 0.152. The highest BCUT2D eigenvalue weighted by molar-refractivity contribution is 5.33. The first-order valence-electron chi connectivity index (χ1n) is 18.5. The summed E-state index contributed by atoms with van der Waals surface area (Å²) >= 11 is 0. The van der Waals surface area contributed by atoms with Crippen LogP contribution in [0.2, 0.25) is 0 Å². The molecule has 184 valence electrons. The van der Waals surface area contributed by atoms with Crippen LogP contribution < -0.4 is 0 Å². The topological polar surface area (TPSA) is 51.2 Å². The van der Waals surface area contributed by atoms with Crippen molar-refractivity contribution < 1.29 is 38.6 Å². The summed E-state index contributed by atoms with van der Waals surface area (Å²) in [4.78, 5) is 5.58. The van der Waals surface area contributed by atoms with Crippen LogP contribution in [0.4, 0.5) is 0 Å². The summed E-state index contributed by atoms with van der Waals surface area (Å²) in [5.41, 5.74) is -2.76. The van der Waals surface area contributed by atoms with Crippen LogP contribution in [0.1, 0.15) is 97.2 Å². The molecule has 1 saturated heterocycles. The van der Waals surface area contributed by atoms with Crippen molar-refractivity contribution >= 4 is 0 Å². The van der Waals surface area contributed by atoms with Gasteiger partial charge in [0, 0.05) is 44.1 Å². The molecule has 5 heteroatoms. The van der Waals surface area contributed by atoms with E-state index >= 15 is 0 Å². The molecule has 1 N–H and O–H groups in total. The number of hydrogen-bond acceptors (Lipinski definition) is 5. The number of benzene rings is 1. The Hall–Kier alpha value is -1.66. The summed E-state index contributed by atoms with van der Waals surface area (Å²) in [6, 6.07) is 6.91. The molecule has 5 unspecified atom stereocenters. The van der Waals surface area contributed by atoms with Gasteiger partial charge >= 0.3 is 0 Å². The fourth-order valence-electron chi connectivity index (χ4n) is 3.36. The van der Waals surface area contributed by atoms with E-state index < -0.39 is 80.5 Å². The first-order valence-corrected chi connectivity index (χ1v) is 11.2. The highest BCUT2D eigenvalue weighted by Gasteiger charge is 2.40. The molecule has 1 aromatic rings. The van der Waals surface area contributed by atoms with Crippen molar-refractivity contribution in [3.63, 3.8) is 0 Å². The van der Waals surface area contributed by atoms with E-state index in [0.717, 1.165) is 25.3 Å². The Labute approximate surface area is 220 Å². The van der Waals surface area contributed by atoms with Gasteiger partial charge < -0.3 is 14.6 Å². The van der Waals surface area contributed by atoms with E-state index in [4.69, 9.17) is 32.1 Å². The zero-order valence-electron chi connectivity index (χ0n) is 33.2. The SMILES string of the molecule is [2H]C1=C2OC(C([2H])[2H])(C([2H])([2H])[2H])OC([2H])C2=C([2H])C([2H])(C(C)(O)N(CCCCCC)OC([2H])([2H])C([2H])([2H])CCc2ccccc2)C1[2H]. The maximum atomic E-state index is 12.1. The fraction of sp³-hybridized carbons (Fsp3) is 0.643. The number of fused-ring (bicyclic) bond motifs is 1. The smallest absolute Gasteiger partial charge is 0.205 e. The summed E-state index contributed by atoms with van der Waals surface area (Å²) in [5, 5.41) is 12.7. The minimum atomic E-state index is -3.31. The van der Waals surface area contributed by atoms with Crippen molar-refractivity contribution in [3.05, 3.63) is 59.3 Å². The molecule has 1 heterocycles. The Balaban J connectivity index is 2.06. The van der Waals surface area contributed by atoms with Gasteiger partial charge in [0.05, 0.1) is 20.0 Å². The van der Waals surface area contributed by atoms with Gasteiger partial charge in [-0.2, -0.15) is 5.06 Å². The Morgan fingerprint density at radius 1 is 1.36 bits per heavy atom. The molecule has 0 radical (unpaired) electrons. The number of rotatable bonds is 13.